The molecular formula is C13H17N5O. The minimum atomic E-state index is -0.0191. The van der Waals surface area contributed by atoms with Gasteiger partial charge >= 0.3 is 0 Å². The molecule has 1 N–H and O–H groups in total. The molecule has 0 bridgehead atoms. The van der Waals surface area contributed by atoms with Gasteiger partial charge in [0.05, 0.1) is 5.41 Å². The van der Waals surface area contributed by atoms with E-state index in [0.717, 1.165) is 32.4 Å². The van der Waals surface area contributed by atoms with Crippen LogP contribution in [0.5, 0.6) is 0 Å². The fourth-order valence-electron chi connectivity index (χ4n) is 2.67. The van der Waals surface area contributed by atoms with E-state index in [-0.39, 0.29) is 5.41 Å². The largest absolute Gasteiger partial charge is 0.338 e. The summed E-state index contributed by atoms with van der Waals surface area (Å²) in [6.07, 6.45) is 6.55. The maximum absolute atomic E-state index is 5.48. The van der Waals surface area contributed by atoms with E-state index < -0.39 is 0 Å². The van der Waals surface area contributed by atoms with Gasteiger partial charge in [0.2, 0.25) is 17.5 Å². The Kier molecular flexibility index (Phi) is 3.25. The van der Waals surface area contributed by atoms with E-state index in [4.69, 9.17) is 4.52 Å². The van der Waals surface area contributed by atoms with Gasteiger partial charge < -0.3 is 9.84 Å². The smallest absolute Gasteiger partial charge is 0.240 e. The molecule has 1 atom stereocenters. The molecule has 3 heterocycles. The third kappa shape index (κ3) is 2.23. The van der Waals surface area contributed by atoms with Gasteiger partial charge in [0.15, 0.2) is 0 Å². The van der Waals surface area contributed by atoms with Crippen molar-refractivity contribution in [2.75, 3.05) is 13.1 Å². The molecule has 0 radical (unpaired) electrons. The van der Waals surface area contributed by atoms with Crippen molar-refractivity contribution in [3.05, 3.63) is 24.4 Å². The summed E-state index contributed by atoms with van der Waals surface area (Å²) in [7, 11) is 0. The fraction of sp³-hybridized carbons (Fsp3) is 0.538. The second kappa shape index (κ2) is 5.05. The van der Waals surface area contributed by atoms with E-state index in [2.05, 4.69) is 32.3 Å². The summed E-state index contributed by atoms with van der Waals surface area (Å²) in [6.45, 7) is 4.08. The SMILES string of the molecule is CCCC1(c2nc(-c3ncccn3)no2)CCNC1. The van der Waals surface area contributed by atoms with Crippen LogP contribution in [0.4, 0.5) is 0 Å². The third-order valence-electron chi connectivity index (χ3n) is 3.62. The lowest BCUT2D eigenvalue weighted by Crippen LogP contribution is -2.29. The Morgan fingerprint density at radius 1 is 1.32 bits per heavy atom. The van der Waals surface area contributed by atoms with Crippen LogP contribution in [0.25, 0.3) is 11.6 Å². The van der Waals surface area contributed by atoms with Crippen LogP contribution in [-0.2, 0) is 5.41 Å². The van der Waals surface area contributed by atoms with Gasteiger partial charge in [-0.3, -0.25) is 0 Å². The van der Waals surface area contributed by atoms with Crippen LogP contribution in [0, 0.1) is 0 Å². The van der Waals surface area contributed by atoms with Gasteiger partial charge in [-0.15, -0.1) is 0 Å². The zero-order valence-electron chi connectivity index (χ0n) is 11.0. The van der Waals surface area contributed by atoms with E-state index in [1.165, 1.54) is 0 Å². The molecule has 1 aliphatic rings. The molecule has 6 nitrogen and oxygen atoms in total. The van der Waals surface area contributed by atoms with Crippen molar-refractivity contribution in [1.29, 1.82) is 0 Å². The summed E-state index contributed by atoms with van der Waals surface area (Å²) in [5.74, 6) is 1.69. The molecule has 0 saturated carbocycles. The summed E-state index contributed by atoms with van der Waals surface area (Å²) in [4.78, 5) is 12.8. The zero-order chi connectivity index (χ0) is 13.1. The van der Waals surface area contributed by atoms with Crippen LogP contribution in [-0.4, -0.2) is 33.2 Å². The van der Waals surface area contributed by atoms with Gasteiger partial charge in [0.25, 0.3) is 0 Å². The molecule has 0 aliphatic carbocycles. The first-order valence-electron chi connectivity index (χ1n) is 6.66. The molecule has 0 aromatic carbocycles. The molecule has 1 fully saturated rings. The first-order chi connectivity index (χ1) is 9.34. The molecule has 1 saturated heterocycles. The van der Waals surface area contributed by atoms with Crippen molar-refractivity contribution >= 4 is 0 Å². The number of hydrogen-bond donors (Lipinski definition) is 1. The first kappa shape index (κ1) is 12.2. The second-order valence-corrected chi connectivity index (χ2v) is 4.95. The molecule has 100 valence electrons. The Labute approximate surface area is 111 Å². The van der Waals surface area contributed by atoms with Crippen LogP contribution in [0.2, 0.25) is 0 Å². The van der Waals surface area contributed by atoms with Crippen LogP contribution >= 0.6 is 0 Å². The lowest BCUT2D eigenvalue weighted by molar-refractivity contribution is 0.277. The molecule has 2 aromatic rings. The highest BCUT2D eigenvalue weighted by Gasteiger charge is 2.40. The second-order valence-electron chi connectivity index (χ2n) is 4.95. The topological polar surface area (TPSA) is 76.7 Å². The van der Waals surface area contributed by atoms with Gasteiger partial charge in [0.1, 0.15) is 0 Å². The van der Waals surface area contributed by atoms with E-state index in [1.807, 2.05) is 0 Å². The Balaban J connectivity index is 1.92. The van der Waals surface area contributed by atoms with Gasteiger partial charge in [-0.25, -0.2) is 9.97 Å². The van der Waals surface area contributed by atoms with Crippen LogP contribution in [0.1, 0.15) is 32.1 Å². The van der Waals surface area contributed by atoms with Gasteiger partial charge in [0, 0.05) is 18.9 Å². The van der Waals surface area contributed by atoms with Crippen molar-refractivity contribution < 1.29 is 4.52 Å². The molecule has 1 unspecified atom stereocenters. The Bertz CT molecular complexity index is 533. The number of nitrogens with one attached hydrogen (secondary N) is 1. The minimum absolute atomic E-state index is 0.0191. The molecule has 3 rings (SSSR count). The van der Waals surface area contributed by atoms with Gasteiger partial charge in [-0.2, -0.15) is 4.98 Å². The van der Waals surface area contributed by atoms with Crippen molar-refractivity contribution in [3.63, 3.8) is 0 Å². The number of hydrogen-bond acceptors (Lipinski definition) is 6. The third-order valence-corrected chi connectivity index (χ3v) is 3.62. The summed E-state index contributed by atoms with van der Waals surface area (Å²) < 4.78 is 5.48. The highest BCUT2D eigenvalue weighted by Crippen LogP contribution is 2.34. The predicted molar refractivity (Wildman–Crippen MR) is 69.4 cm³/mol. The average molecular weight is 259 g/mol. The van der Waals surface area contributed by atoms with E-state index in [9.17, 15) is 0 Å². The maximum Gasteiger partial charge on any atom is 0.240 e. The standard InChI is InChI=1S/C13H17N5O/c1-2-4-13(5-8-14-9-13)12-17-11(18-19-12)10-15-6-3-7-16-10/h3,6-7,14H,2,4-5,8-9H2,1H3. The number of nitrogens with zero attached hydrogens (tertiary/aromatic N) is 4. The lowest BCUT2D eigenvalue weighted by atomic mass is 9.82. The van der Waals surface area contributed by atoms with Crippen molar-refractivity contribution in [3.8, 4) is 11.6 Å². The molecule has 1 aliphatic heterocycles. The van der Waals surface area contributed by atoms with Crippen molar-refractivity contribution in [1.82, 2.24) is 25.4 Å². The summed E-state index contributed by atoms with van der Waals surface area (Å²) in [6, 6.07) is 1.77. The van der Waals surface area contributed by atoms with Crippen LogP contribution in [0.15, 0.2) is 23.0 Å². The average Bonchev–Trinajstić information content (AvgIpc) is 3.09. The maximum atomic E-state index is 5.48. The van der Waals surface area contributed by atoms with E-state index in [0.29, 0.717) is 17.5 Å². The molecule has 19 heavy (non-hydrogen) atoms. The Morgan fingerprint density at radius 3 is 2.84 bits per heavy atom. The van der Waals surface area contributed by atoms with Gasteiger partial charge in [-0.1, -0.05) is 18.5 Å². The quantitative estimate of drug-likeness (QED) is 0.897. The first-order valence-corrected chi connectivity index (χ1v) is 6.66. The number of aromatic nitrogens is 4. The Hall–Kier alpha value is -1.82. The molecular weight excluding hydrogens is 242 g/mol. The van der Waals surface area contributed by atoms with Crippen LogP contribution < -0.4 is 5.32 Å². The monoisotopic (exact) mass is 259 g/mol. The molecule has 0 spiro atoms. The highest BCUT2D eigenvalue weighted by atomic mass is 16.5. The molecule has 6 heteroatoms. The predicted octanol–water partition coefficient (Wildman–Crippen LogP) is 1.56. The lowest BCUT2D eigenvalue weighted by Gasteiger charge is -2.22. The van der Waals surface area contributed by atoms with E-state index in [1.54, 1.807) is 18.5 Å². The molecule has 2 aromatic heterocycles. The summed E-state index contributed by atoms with van der Waals surface area (Å²) in [5, 5.41) is 7.41. The van der Waals surface area contributed by atoms with E-state index >= 15 is 0 Å². The normalized spacial score (nSPS) is 22.8. The van der Waals surface area contributed by atoms with Crippen molar-refractivity contribution in [2.24, 2.45) is 0 Å². The fourth-order valence-corrected chi connectivity index (χ4v) is 2.67. The Morgan fingerprint density at radius 2 is 2.16 bits per heavy atom. The zero-order valence-corrected chi connectivity index (χ0v) is 11.0. The summed E-state index contributed by atoms with van der Waals surface area (Å²) >= 11 is 0. The molecule has 0 amide bonds. The summed E-state index contributed by atoms with van der Waals surface area (Å²) in [5.41, 5.74) is -0.0191. The van der Waals surface area contributed by atoms with Crippen molar-refractivity contribution in [2.45, 2.75) is 31.6 Å². The number of rotatable bonds is 4. The highest BCUT2D eigenvalue weighted by molar-refractivity contribution is 5.40. The minimum Gasteiger partial charge on any atom is -0.338 e. The van der Waals surface area contributed by atoms with Gasteiger partial charge in [-0.05, 0) is 25.5 Å². The van der Waals surface area contributed by atoms with Crippen LogP contribution in [0.3, 0.4) is 0 Å².